The van der Waals surface area contributed by atoms with Crippen molar-refractivity contribution in [3.8, 4) is 0 Å². The summed E-state index contributed by atoms with van der Waals surface area (Å²) in [4.78, 5) is 19.7. The van der Waals surface area contributed by atoms with E-state index < -0.39 is 12.0 Å². The van der Waals surface area contributed by atoms with Gasteiger partial charge in [-0.05, 0) is 31.0 Å². The predicted octanol–water partition coefficient (Wildman–Crippen LogP) is 1.44. The van der Waals surface area contributed by atoms with Gasteiger partial charge >= 0.3 is 0 Å². The Bertz CT molecular complexity index is 648. The lowest BCUT2D eigenvalue weighted by atomic mass is 10.0. The number of benzene rings is 1. The van der Waals surface area contributed by atoms with Gasteiger partial charge in [-0.2, -0.15) is 0 Å². The average Bonchev–Trinajstić information content (AvgIpc) is 2.48. The summed E-state index contributed by atoms with van der Waals surface area (Å²) < 4.78 is 12.8. The minimum absolute atomic E-state index is 0.0469. The highest BCUT2D eigenvalue weighted by molar-refractivity contribution is 5.96. The van der Waals surface area contributed by atoms with E-state index in [0.717, 1.165) is 0 Å². The molecule has 1 aromatic carbocycles. The molecule has 0 fully saturated rings. The number of hydrogen-bond donors (Lipinski definition) is 3. The predicted molar refractivity (Wildman–Crippen MR) is 79.3 cm³/mol. The molecule has 0 saturated heterocycles. The Morgan fingerprint density at radius 2 is 1.95 bits per heavy atom. The molecule has 2 rings (SSSR count). The lowest BCUT2D eigenvalue weighted by Gasteiger charge is -2.18. The number of nitrogen functional groups attached to an aromatic ring is 1. The number of aliphatic hydroxyl groups is 1. The van der Waals surface area contributed by atoms with Crippen molar-refractivity contribution in [2.45, 2.75) is 25.5 Å². The number of rotatable bonds is 5. The van der Waals surface area contributed by atoms with Crippen LogP contribution in [-0.4, -0.2) is 27.0 Å². The van der Waals surface area contributed by atoms with E-state index in [9.17, 15) is 14.3 Å². The van der Waals surface area contributed by atoms with Crippen LogP contribution in [0.5, 0.6) is 0 Å². The number of carbonyl (C=O) groups excluding carboxylic acids is 1. The third kappa shape index (κ3) is 3.98. The van der Waals surface area contributed by atoms with Gasteiger partial charge in [0.05, 0.1) is 6.10 Å². The lowest BCUT2D eigenvalue weighted by Crippen LogP contribution is -2.34. The van der Waals surface area contributed by atoms with E-state index in [4.69, 9.17) is 5.73 Å². The largest absolute Gasteiger partial charge is 0.388 e. The minimum atomic E-state index is -0.810. The molecule has 0 bridgehead atoms. The van der Waals surface area contributed by atoms with Gasteiger partial charge in [-0.15, -0.1) is 0 Å². The summed E-state index contributed by atoms with van der Waals surface area (Å²) >= 11 is 0. The number of nitrogens with zero attached hydrogens (tertiary/aromatic N) is 2. The number of halogens is 1. The van der Waals surface area contributed by atoms with Crippen LogP contribution < -0.4 is 11.1 Å². The summed E-state index contributed by atoms with van der Waals surface area (Å²) in [6.45, 7) is 1.75. The molecule has 6 nitrogen and oxygen atoms in total. The minimum Gasteiger partial charge on any atom is -0.388 e. The number of anilines is 1. The van der Waals surface area contributed by atoms with Crippen molar-refractivity contribution in [3.63, 3.8) is 0 Å². The van der Waals surface area contributed by atoms with Crippen molar-refractivity contribution in [2.24, 2.45) is 0 Å². The summed E-state index contributed by atoms with van der Waals surface area (Å²) in [5.41, 5.74) is 6.22. The van der Waals surface area contributed by atoms with Crippen molar-refractivity contribution in [1.29, 1.82) is 0 Å². The van der Waals surface area contributed by atoms with E-state index in [2.05, 4.69) is 15.3 Å². The third-order valence-electron chi connectivity index (χ3n) is 3.15. The highest BCUT2D eigenvalue weighted by Gasteiger charge is 2.17. The molecule has 1 heterocycles. The van der Waals surface area contributed by atoms with E-state index in [-0.39, 0.29) is 29.8 Å². The first-order chi connectivity index (χ1) is 10.5. The number of nitrogens with two attached hydrogens (primary N) is 1. The van der Waals surface area contributed by atoms with Crippen molar-refractivity contribution in [1.82, 2.24) is 15.3 Å². The zero-order valence-corrected chi connectivity index (χ0v) is 12.0. The smallest absolute Gasteiger partial charge is 0.273 e. The van der Waals surface area contributed by atoms with Gasteiger partial charge in [0.15, 0.2) is 11.5 Å². The lowest BCUT2D eigenvalue weighted by molar-refractivity contribution is 0.0912. The van der Waals surface area contributed by atoms with E-state index in [1.807, 2.05) is 0 Å². The molecule has 22 heavy (non-hydrogen) atoms. The van der Waals surface area contributed by atoms with Gasteiger partial charge in [0.2, 0.25) is 0 Å². The average molecular weight is 304 g/mol. The van der Waals surface area contributed by atoms with Crippen LogP contribution in [0.25, 0.3) is 0 Å². The quantitative estimate of drug-likeness (QED) is 0.776. The van der Waals surface area contributed by atoms with Crippen LogP contribution in [0.4, 0.5) is 10.2 Å². The Labute approximate surface area is 127 Å². The standard InChI is InChI=1S/C15H17FN4O2/c1-9(8-12(21)10-2-4-11(16)5-3-10)20-15(22)13-14(17)19-7-6-18-13/h2-7,9,12,21H,8H2,1H3,(H2,17,19)(H,20,22). The van der Waals surface area contributed by atoms with E-state index >= 15 is 0 Å². The highest BCUT2D eigenvalue weighted by Crippen LogP contribution is 2.18. The second kappa shape index (κ2) is 6.95. The Hall–Kier alpha value is -2.54. The van der Waals surface area contributed by atoms with Crippen LogP contribution in [0.3, 0.4) is 0 Å². The fraction of sp³-hybridized carbons (Fsp3) is 0.267. The maximum absolute atomic E-state index is 12.8. The number of hydrogen-bond acceptors (Lipinski definition) is 5. The normalized spacial score (nSPS) is 13.4. The van der Waals surface area contributed by atoms with Crippen molar-refractivity contribution >= 4 is 11.7 Å². The van der Waals surface area contributed by atoms with Gasteiger partial charge in [-0.1, -0.05) is 12.1 Å². The first kappa shape index (κ1) is 15.8. The van der Waals surface area contributed by atoms with Crippen LogP contribution in [-0.2, 0) is 0 Å². The first-order valence-corrected chi connectivity index (χ1v) is 6.78. The topological polar surface area (TPSA) is 101 Å². The summed E-state index contributed by atoms with van der Waals surface area (Å²) in [5.74, 6) is -0.772. The van der Waals surface area contributed by atoms with Crippen LogP contribution in [0, 0.1) is 5.82 Å². The van der Waals surface area contributed by atoms with Crippen LogP contribution in [0.15, 0.2) is 36.7 Å². The van der Waals surface area contributed by atoms with Gasteiger partial charge in [0, 0.05) is 18.4 Å². The number of carbonyl (C=O) groups is 1. The molecular weight excluding hydrogens is 287 g/mol. The van der Waals surface area contributed by atoms with Crippen molar-refractivity contribution in [3.05, 3.63) is 53.7 Å². The van der Waals surface area contributed by atoms with Crippen molar-refractivity contribution < 1.29 is 14.3 Å². The third-order valence-corrected chi connectivity index (χ3v) is 3.15. The molecule has 116 valence electrons. The Balaban J connectivity index is 1.95. The molecule has 7 heteroatoms. The highest BCUT2D eigenvalue weighted by atomic mass is 19.1. The SMILES string of the molecule is CC(CC(O)c1ccc(F)cc1)NC(=O)c1nccnc1N. The molecule has 1 amide bonds. The fourth-order valence-electron chi connectivity index (χ4n) is 2.03. The molecule has 2 unspecified atom stereocenters. The Kier molecular flexibility index (Phi) is 5.00. The number of aliphatic hydroxyl groups excluding tert-OH is 1. The van der Waals surface area contributed by atoms with Gasteiger partial charge in [-0.3, -0.25) is 4.79 Å². The van der Waals surface area contributed by atoms with Gasteiger partial charge in [0.1, 0.15) is 5.82 Å². The van der Waals surface area contributed by atoms with E-state index in [1.165, 1.54) is 36.7 Å². The van der Waals surface area contributed by atoms with Crippen LogP contribution in [0.1, 0.15) is 35.5 Å². The molecule has 4 N–H and O–H groups in total. The first-order valence-electron chi connectivity index (χ1n) is 6.78. The molecule has 2 atom stereocenters. The van der Waals surface area contributed by atoms with Crippen LogP contribution in [0.2, 0.25) is 0 Å². The summed E-state index contributed by atoms with van der Waals surface area (Å²) in [6, 6.07) is 5.25. The summed E-state index contributed by atoms with van der Waals surface area (Å²) in [5, 5.41) is 12.8. The maximum atomic E-state index is 12.8. The second-order valence-corrected chi connectivity index (χ2v) is 4.97. The number of nitrogens with one attached hydrogen (secondary N) is 1. The number of aromatic nitrogens is 2. The van der Waals surface area contributed by atoms with Crippen molar-refractivity contribution in [2.75, 3.05) is 5.73 Å². The fourth-order valence-corrected chi connectivity index (χ4v) is 2.03. The molecule has 0 saturated carbocycles. The second-order valence-electron chi connectivity index (χ2n) is 4.97. The molecule has 0 spiro atoms. The Morgan fingerprint density at radius 1 is 1.32 bits per heavy atom. The zero-order valence-electron chi connectivity index (χ0n) is 12.0. The molecule has 0 aliphatic heterocycles. The molecule has 2 aromatic rings. The molecular formula is C15H17FN4O2. The summed E-state index contributed by atoms with van der Waals surface area (Å²) in [6.07, 6.45) is 2.24. The molecule has 1 aromatic heterocycles. The van der Waals surface area contributed by atoms with E-state index in [0.29, 0.717) is 5.56 Å². The van der Waals surface area contributed by atoms with Gasteiger partial charge in [0.25, 0.3) is 5.91 Å². The van der Waals surface area contributed by atoms with Gasteiger partial charge in [-0.25, -0.2) is 14.4 Å². The molecule has 0 aliphatic carbocycles. The maximum Gasteiger partial charge on any atom is 0.273 e. The number of amides is 1. The molecule has 0 radical (unpaired) electrons. The summed E-state index contributed by atoms with van der Waals surface area (Å²) in [7, 11) is 0. The molecule has 0 aliphatic rings. The Morgan fingerprint density at radius 3 is 2.59 bits per heavy atom. The van der Waals surface area contributed by atoms with E-state index in [1.54, 1.807) is 6.92 Å². The van der Waals surface area contributed by atoms with Crippen LogP contribution >= 0.6 is 0 Å². The monoisotopic (exact) mass is 304 g/mol. The van der Waals surface area contributed by atoms with Gasteiger partial charge < -0.3 is 16.2 Å². The zero-order chi connectivity index (χ0) is 16.1.